The summed E-state index contributed by atoms with van der Waals surface area (Å²) in [7, 11) is 0. The summed E-state index contributed by atoms with van der Waals surface area (Å²) in [5, 5.41) is 0. The van der Waals surface area contributed by atoms with Crippen molar-refractivity contribution >= 4 is 0 Å². The summed E-state index contributed by atoms with van der Waals surface area (Å²) in [6, 6.07) is 12.8. The van der Waals surface area contributed by atoms with E-state index in [0.717, 1.165) is 63.6 Å². The number of nitrogens with zero attached hydrogens (tertiary/aromatic N) is 2. The Labute approximate surface area is 165 Å². The first kappa shape index (κ1) is 19.0. The molecular weight excluding hydrogens is 359 g/mol. The lowest BCUT2D eigenvalue weighted by Crippen LogP contribution is -2.47. The second-order valence-corrected chi connectivity index (χ2v) is 7.25. The van der Waals surface area contributed by atoms with Crippen LogP contribution < -0.4 is 14.2 Å². The fourth-order valence-electron chi connectivity index (χ4n) is 3.69. The number of rotatable bonds is 8. The number of fused-ring (bicyclic) bond motifs is 1. The van der Waals surface area contributed by atoms with E-state index in [1.54, 1.807) is 18.2 Å². The third kappa shape index (κ3) is 4.94. The number of ether oxygens (including phenoxy) is 3. The van der Waals surface area contributed by atoms with Gasteiger partial charge in [-0.2, -0.15) is 0 Å². The zero-order valence-corrected chi connectivity index (χ0v) is 16.1. The van der Waals surface area contributed by atoms with Crippen molar-refractivity contribution in [3.63, 3.8) is 0 Å². The van der Waals surface area contributed by atoms with Crippen LogP contribution in [0.5, 0.6) is 17.2 Å². The van der Waals surface area contributed by atoms with E-state index in [1.807, 2.05) is 6.07 Å². The summed E-state index contributed by atoms with van der Waals surface area (Å²) in [5.41, 5.74) is 1.30. The van der Waals surface area contributed by atoms with E-state index in [0.29, 0.717) is 19.1 Å². The van der Waals surface area contributed by atoms with Crippen molar-refractivity contribution < 1.29 is 18.6 Å². The summed E-state index contributed by atoms with van der Waals surface area (Å²) >= 11 is 0. The molecule has 0 bridgehead atoms. The Balaban J connectivity index is 1.11. The third-order valence-corrected chi connectivity index (χ3v) is 5.34. The summed E-state index contributed by atoms with van der Waals surface area (Å²) < 4.78 is 29.9. The molecule has 0 N–H and O–H groups in total. The van der Waals surface area contributed by atoms with Gasteiger partial charge >= 0.3 is 0 Å². The molecule has 0 saturated carbocycles. The minimum absolute atomic E-state index is 0.297. The first-order valence-corrected chi connectivity index (χ1v) is 9.98. The first-order chi connectivity index (χ1) is 13.8. The molecule has 4 rings (SSSR count). The summed E-state index contributed by atoms with van der Waals surface area (Å²) in [6.45, 7) is 6.99. The van der Waals surface area contributed by atoms with Crippen LogP contribution in [0.4, 0.5) is 4.39 Å². The van der Waals surface area contributed by atoms with Gasteiger partial charge in [-0.1, -0.05) is 18.2 Å². The molecule has 0 radical (unpaired) electrons. The van der Waals surface area contributed by atoms with Crippen molar-refractivity contribution in [1.82, 2.24) is 9.80 Å². The second kappa shape index (κ2) is 9.26. The molecule has 2 aromatic rings. The smallest absolute Gasteiger partial charge is 0.231 e. The molecule has 150 valence electrons. The van der Waals surface area contributed by atoms with E-state index in [1.165, 1.54) is 11.6 Å². The molecule has 28 heavy (non-hydrogen) atoms. The van der Waals surface area contributed by atoms with Crippen LogP contribution in [0.2, 0.25) is 0 Å². The molecule has 0 atom stereocenters. The van der Waals surface area contributed by atoms with Crippen LogP contribution in [0.25, 0.3) is 0 Å². The highest BCUT2D eigenvalue weighted by Gasteiger charge is 2.17. The molecule has 2 heterocycles. The van der Waals surface area contributed by atoms with Gasteiger partial charge in [-0.3, -0.25) is 4.90 Å². The van der Waals surface area contributed by atoms with Crippen LogP contribution in [-0.2, 0) is 6.42 Å². The zero-order chi connectivity index (χ0) is 19.2. The van der Waals surface area contributed by atoms with E-state index < -0.39 is 0 Å². The van der Waals surface area contributed by atoms with Gasteiger partial charge < -0.3 is 19.1 Å². The SMILES string of the molecule is Fc1ccccc1OCCN1CCN(CCCc2ccc3c(c2)OCO3)CC1. The Kier molecular flexibility index (Phi) is 6.29. The van der Waals surface area contributed by atoms with Crippen molar-refractivity contribution in [3.8, 4) is 17.2 Å². The standard InChI is InChI=1S/C22H27FN2O3/c23-19-5-1-2-6-20(19)26-15-14-25-12-10-24(11-13-25)9-3-4-18-7-8-21-22(16-18)28-17-27-21/h1-2,5-8,16H,3-4,9-15,17H2. The molecule has 0 spiro atoms. The predicted octanol–water partition coefficient (Wildman–Crippen LogP) is 3.18. The molecule has 1 fully saturated rings. The van der Waals surface area contributed by atoms with E-state index in [9.17, 15) is 4.39 Å². The van der Waals surface area contributed by atoms with E-state index in [-0.39, 0.29) is 5.82 Å². The highest BCUT2D eigenvalue weighted by Crippen LogP contribution is 2.32. The molecule has 2 aromatic carbocycles. The lowest BCUT2D eigenvalue weighted by molar-refractivity contribution is 0.115. The van der Waals surface area contributed by atoms with Gasteiger partial charge in [-0.15, -0.1) is 0 Å². The van der Waals surface area contributed by atoms with Crippen LogP contribution in [0, 0.1) is 5.82 Å². The van der Waals surface area contributed by atoms with Gasteiger partial charge in [0.05, 0.1) is 0 Å². The average molecular weight is 386 g/mol. The molecule has 0 amide bonds. The Morgan fingerprint density at radius 1 is 0.893 bits per heavy atom. The highest BCUT2D eigenvalue weighted by atomic mass is 19.1. The van der Waals surface area contributed by atoms with E-state index in [2.05, 4.69) is 21.9 Å². The number of benzene rings is 2. The van der Waals surface area contributed by atoms with Crippen molar-refractivity contribution in [2.75, 3.05) is 52.7 Å². The number of piperazine rings is 1. The van der Waals surface area contributed by atoms with Gasteiger partial charge in [0.25, 0.3) is 0 Å². The summed E-state index contributed by atoms with van der Waals surface area (Å²) in [6.07, 6.45) is 2.18. The summed E-state index contributed by atoms with van der Waals surface area (Å²) in [5.74, 6) is 1.75. The zero-order valence-electron chi connectivity index (χ0n) is 16.1. The Morgan fingerprint density at radius 2 is 1.64 bits per heavy atom. The van der Waals surface area contributed by atoms with E-state index in [4.69, 9.17) is 14.2 Å². The van der Waals surface area contributed by atoms with Gasteiger partial charge in [0.1, 0.15) is 6.61 Å². The van der Waals surface area contributed by atoms with Crippen molar-refractivity contribution in [3.05, 3.63) is 53.8 Å². The minimum atomic E-state index is -0.297. The fraction of sp³-hybridized carbons (Fsp3) is 0.455. The third-order valence-electron chi connectivity index (χ3n) is 5.34. The van der Waals surface area contributed by atoms with Gasteiger partial charge in [-0.05, 0) is 49.2 Å². The molecule has 2 aliphatic rings. The number of hydrogen-bond acceptors (Lipinski definition) is 5. The van der Waals surface area contributed by atoms with Gasteiger partial charge in [-0.25, -0.2) is 4.39 Å². The van der Waals surface area contributed by atoms with Crippen molar-refractivity contribution in [2.45, 2.75) is 12.8 Å². The fourth-order valence-corrected chi connectivity index (χ4v) is 3.69. The quantitative estimate of drug-likeness (QED) is 0.696. The Hall–Kier alpha value is -2.31. The van der Waals surface area contributed by atoms with Crippen molar-refractivity contribution in [2.24, 2.45) is 0 Å². The van der Waals surface area contributed by atoms with Crippen LogP contribution in [0.3, 0.4) is 0 Å². The molecule has 5 nitrogen and oxygen atoms in total. The number of para-hydroxylation sites is 1. The largest absolute Gasteiger partial charge is 0.489 e. The molecule has 6 heteroatoms. The Bertz CT molecular complexity index is 778. The van der Waals surface area contributed by atoms with Crippen molar-refractivity contribution in [1.29, 1.82) is 0 Å². The van der Waals surface area contributed by atoms with E-state index >= 15 is 0 Å². The predicted molar refractivity (Wildman–Crippen MR) is 106 cm³/mol. The molecule has 0 aliphatic carbocycles. The monoisotopic (exact) mass is 386 g/mol. The number of aryl methyl sites for hydroxylation is 1. The van der Waals surface area contributed by atoms with Crippen LogP contribution in [-0.4, -0.2) is 62.5 Å². The van der Waals surface area contributed by atoms with Gasteiger partial charge in [0, 0.05) is 32.7 Å². The highest BCUT2D eigenvalue weighted by molar-refractivity contribution is 5.44. The molecular formula is C22H27FN2O3. The Morgan fingerprint density at radius 3 is 2.46 bits per heavy atom. The van der Waals surface area contributed by atoms with Gasteiger partial charge in [0.2, 0.25) is 6.79 Å². The topological polar surface area (TPSA) is 34.2 Å². The lowest BCUT2D eigenvalue weighted by Gasteiger charge is -2.34. The maximum Gasteiger partial charge on any atom is 0.231 e. The normalized spacial score (nSPS) is 17.0. The minimum Gasteiger partial charge on any atom is -0.489 e. The molecule has 1 saturated heterocycles. The maximum atomic E-state index is 13.6. The maximum absolute atomic E-state index is 13.6. The number of hydrogen-bond donors (Lipinski definition) is 0. The van der Waals surface area contributed by atoms with Crippen LogP contribution in [0.15, 0.2) is 42.5 Å². The lowest BCUT2D eigenvalue weighted by atomic mass is 10.1. The average Bonchev–Trinajstić information content (AvgIpc) is 3.19. The molecule has 2 aliphatic heterocycles. The van der Waals surface area contributed by atoms with Crippen LogP contribution in [0.1, 0.15) is 12.0 Å². The molecule has 0 unspecified atom stereocenters. The van der Waals surface area contributed by atoms with Crippen LogP contribution >= 0.6 is 0 Å². The second-order valence-electron chi connectivity index (χ2n) is 7.25. The number of halogens is 1. The molecule has 0 aromatic heterocycles. The van der Waals surface area contributed by atoms with Gasteiger partial charge in [0.15, 0.2) is 23.1 Å². The summed E-state index contributed by atoms with van der Waals surface area (Å²) in [4.78, 5) is 4.90. The first-order valence-electron chi connectivity index (χ1n) is 9.98.